The van der Waals surface area contributed by atoms with Crippen molar-refractivity contribution in [3.63, 3.8) is 0 Å². The van der Waals surface area contributed by atoms with Gasteiger partial charge in [-0.3, -0.25) is 9.59 Å². The largest absolute Gasteiger partial charge is 0.484 e. The number of hydrogen-bond acceptors (Lipinski definition) is 4. The molecule has 1 aromatic carbocycles. The van der Waals surface area contributed by atoms with Crippen LogP contribution in [0, 0.1) is 5.92 Å². The molecule has 5 nitrogen and oxygen atoms in total. The Morgan fingerprint density at radius 1 is 1.29 bits per heavy atom. The van der Waals surface area contributed by atoms with Crippen molar-refractivity contribution in [1.29, 1.82) is 0 Å². The van der Waals surface area contributed by atoms with E-state index >= 15 is 0 Å². The van der Waals surface area contributed by atoms with E-state index in [-0.39, 0.29) is 18.3 Å². The number of nitrogens with zero attached hydrogens (tertiary/aromatic N) is 1. The van der Waals surface area contributed by atoms with Crippen LogP contribution in [0.4, 0.5) is 0 Å². The molecule has 0 radical (unpaired) electrons. The minimum atomic E-state index is -0.129. The quantitative estimate of drug-likeness (QED) is 0.587. The van der Waals surface area contributed by atoms with Gasteiger partial charge in [0, 0.05) is 12.1 Å². The smallest absolute Gasteiger partial charge is 0.257 e. The van der Waals surface area contributed by atoms with Crippen LogP contribution < -0.4 is 10.1 Å². The van der Waals surface area contributed by atoms with Gasteiger partial charge in [-0.05, 0) is 63.9 Å². The molecular formula is C19H28N2O3. The molecule has 1 aliphatic heterocycles. The predicted octanol–water partition coefficient (Wildman–Crippen LogP) is 2.51. The SMILES string of the molecule is CC(=O)c1cccc(OCC(=O)NCCCN2CCC(C)CC2)c1. The number of nitrogens with one attached hydrogen (secondary N) is 1. The van der Waals surface area contributed by atoms with Crippen molar-refractivity contribution in [2.75, 3.05) is 32.8 Å². The lowest BCUT2D eigenvalue weighted by Gasteiger charge is -2.30. The van der Waals surface area contributed by atoms with E-state index in [0.29, 0.717) is 17.9 Å². The summed E-state index contributed by atoms with van der Waals surface area (Å²) in [4.78, 5) is 25.6. The number of hydrogen-bond donors (Lipinski definition) is 1. The van der Waals surface area contributed by atoms with E-state index < -0.39 is 0 Å². The first-order chi connectivity index (χ1) is 11.5. The number of likely N-dealkylation sites (tertiary alicyclic amines) is 1. The number of carbonyl (C=O) groups excluding carboxylic acids is 2. The number of amides is 1. The summed E-state index contributed by atoms with van der Waals surface area (Å²) in [6.45, 7) is 7.84. The van der Waals surface area contributed by atoms with Crippen molar-refractivity contribution in [2.45, 2.75) is 33.1 Å². The molecule has 5 heteroatoms. The van der Waals surface area contributed by atoms with Gasteiger partial charge in [-0.15, -0.1) is 0 Å². The fourth-order valence-electron chi connectivity index (χ4n) is 2.82. The minimum absolute atomic E-state index is 0.0167. The van der Waals surface area contributed by atoms with Gasteiger partial charge in [0.15, 0.2) is 12.4 Å². The zero-order chi connectivity index (χ0) is 17.4. The van der Waals surface area contributed by atoms with Crippen LogP contribution in [-0.2, 0) is 4.79 Å². The first-order valence-corrected chi connectivity index (χ1v) is 8.77. The maximum atomic E-state index is 11.8. The molecule has 1 heterocycles. The Morgan fingerprint density at radius 3 is 2.75 bits per heavy atom. The van der Waals surface area contributed by atoms with Crippen LogP contribution in [0.5, 0.6) is 5.75 Å². The molecule has 0 aromatic heterocycles. The van der Waals surface area contributed by atoms with E-state index in [9.17, 15) is 9.59 Å². The maximum Gasteiger partial charge on any atom is 0.257 e. The number of ketones is 1. The number of carbonyl (C=O) groups is 2. The molecule has 0 aliphatic carbocycles. The van der Waals surface area contributed by atoms with Crippen LogP contribution >= 0.6 is 0 Å². The summed E-state index contributed by atoms with van der Waals surface area (Å²) in [6.07, 6.45) is 3.51. The molecule has 1 aromatic rings. The number of benzene rings is 1. The van der Waals surface area contributed by atoms with Gasteiger partial charge in [-0.1, -0.05) is 19.1 Å². The number of rotatable bonds is 8. The van der Waals surface area contributed by atoms with Crippen LogP contribution in [0.3, 0.4) is 0 Å². The summed E-state index contributed by atoms with van der Waals surface area (Å²) in [5, 5.41) is 2.88. The lowest BCUT2D eigenvalue weighted by atomic mass is 9.99. The van der Waals surface area contributed by atoms with Crippen LogP contribution in [-0.4, -0.2) is 49.4 Å². The second kappa shape index (κ2) is 9.42. The highest BCUT2D eigenvalue weighted by molar-refractivity contribution is 5.94. The van der Waals surface area contributed by atoms with Crippen molar-refractivity contribution in [1.82, 2.24) is 10.2 Å². The fraction of sp³-hybridized carbons (Fsp3) is 0.579. The molecule has 1 amide bonds. The minimum Gasteiger partial charge on any atom is -0.484 e. The molecule has 1 N–H and O–H groups in total. The molecule has 1 fully saturated rings. The lowest BCUT2D eigenvalue weighted by Crippen LogP contribution is -2.36. The van der Waals surface area contributed by atoms with E-state index in [4.69, 9.17) is 4.74 Å². The fourth-order valence-corrected chi connectivity index (χ4v) is 2.82. The molecular weight excluding hydrogens is 304 g/mol. The van der Waals surface area contributed by atoms with E-state index in [1.165, 1.54) is 32.9 Å². The highest BCUT2D eigenvalue weighted by atomic mass is 16.5. The van der Waals surface area contributed by atoms with E-state index in [2.05, 4.69) is 17.1 Å². The Bertz CT molecular complexity index is 551. The Morgan fingerprint density at radius 2 is 2.04 bits per heavy atom. The zero-order valence-corrected chi connectivity index (χ0v) is 14.7. The van der Waals surface area contributed by atoms with Gasteiger partial charge in [0.1, 0.15) is 5.75 Å². The standard InChI is InChI=1S/C19H28N2O3/c1-15-7-11-21(12-8-15)10-4-9-20-19(23)14-24-18-6-3-5-17(13-18)16(2)22/h3,5-6,13,15H,4,7-12,14H2,1-2H3,(H,20,23). The molecule has 0 saturated carbocycles. The van der Waals surface area contributed by atoms with Gasteiger partial charge in [0.2, 0.25) is 0 Å². The molecule has 132 valence electrons. The normalized spacial score (nSPS) is 15.9. The van der Waals surface area contributed by atoms with E-state index in [0.717, 1.165) is 18.9 Å². The van der Waals surface area contributed by atoms with Crippen molar-refractivity contribution >= 4 is 11.7 Å². The number of Topliss-reactive ketones (excluding diaryl/α,β-unsaturated/α-hetero) is 1. The first kappa shape index (κ1) is 18.5. The van der Waals surface area contributed by atoms with Crippen molar-refractivity contribution < 1.29 is 14.3 Å². The summed E-state index contributed by atoms with van der Waals surface area (Å²) >= 11 is 0. The molecule has 24 heavy (non-hydrogen) atoms. The van der Waals surface area contributed by atoms with Gasteiger partial charge in [-0.2, -0.15) is 0 Å². The molecule has 0 unspecified atom stereocenters. The average molecular weight is 332 g/mol. The Hall–Kier alpha value is -1.88. The highest BCUT2D eigenvalue weighted by Crippen LogP contribution is 2.16. The summed E-state index contributed by atoms with van der Waals surface area (Å²) in [7, 11) is 0. The van der Waals surface area contributed by atoms with Gasteiger partial charge in [0.25, 0.3) is 5.91 Å². The third-order valence-electron chi connectivity index (χ3n) is 4.46. The summed E-state index contributed by atoms with van der Waals surface area (Å²) in [5.41, 5.74) is 0.587. The highest BCUT2D eigenvalue weighted by Gasteiger charge is 2.14. The molecule has 0 bridgehead atoms. The van der Waals surface area contributed by atoms with Gasteiger partial charge in [0.05, 0.1) is 0 Å². The molecule has 1 aliphatic rings. The number of ether oxygens (including phenoxy) is 1. The zero-order valence-electron chi connectivity index (χ0n) is 14.7. The third-order valence-corrected chi connectivity index (χ3v) is 4.46. The summed E-state index contributed by atoms with van der Waals surface area (Å²) < 4.78 is 5.44. The van der Waals surface area contributed by atoms with Crippen molar-refractivity contribution in [3.05, 3.63) is 29.8 Å². The van der Waals surface area contributed by atoms with E-state index in [1.807, 2.05) is 0 Å². The molecule has 1 saturated heterocycles. The Balaban J connectivity index is 1.60. The van der Waals surface area contributed by atoms with Crippen molar-refractivity contribution in [3.8, 4) is 5.75 Å². The van der Waals surface area contributed by atoms with Crippen LogP contribution in [0.1, 0.15) is 43.5 Å². The third kappa shape index (κ3) is 6.32. The predicted molar refractivity (Wildman–Crippen MR) is 94.4 cm³/mol. The Labute approximate surface area is 144 Å². The van der Waals surface area contributed by atoms with E-state index in [1.54, 1.807) is 24.3 Å². The molecule has 0 atom stereocenters. The molecule has 2 rings (SSSR count). The van der Waals surface area contributed by atoms with Crippen molar-refractivity contribution in [2.24, 2.45) is 5.92 Å². The molecule has 0 spiro atoms. The Kier molecular flexibility index (Phi) is 7.25. The topological polar surface area (TPSA) is 58.6 Å². The van der Waals surface area contributed by atoms with Crippen LogP contribution in [0.25, 0.3) is 0 Å². The summed E-state index contributed by atoms with van der Waals surface area (Å²) in [5.74, 6) is 1.24. The van der Waals surface area contributed by atoms with Gasteiger partial charge < -0.3 is 15.0 Å². The first-order valence-electron chi connectivity index (χ1n) is 8.77. The monoisotopic (exact) mass is 332 g/mol. The summed E-state index contributed by atoms with van der Waals surface area (Å²) in [6, 6.07) is 6.89. The maximum absolute atomic E-state index is 11.8. The lowest BCUT2D eigenvalue weighted by molar-refractivity contribution is -0.123. The van der Waals surface area contributed by atoms with Gasteiger partial charge in [-0.25, -0.2) is 0 Å². The van der Waals surface area contributed by atoms with Gasteiger partial charge >= 0.3 is 0 Å². The second-order valence-electron chi connectivity index (χ2n) is 6.60. The average Bonchev–Trinajstić information content (AvgIpc) is 2.58. The second-order valence-corrected chi connectivity index (χ2v) is 6.60. The van der Waals surface area contributed by atoms with Crippen LogP contribution in [0.2, 0.25) is 0 Å². The van der Waals surface area contributed by atoms with Crippen LogP contribution in [0.15, 0.2) is 24.3 Å². The number of piperidine rings is 1.